The first-order valence-corrected chi connectivity index (χ1v) is 3.88. The van der Waals surface area contributed by atoms with E-state index in [0.29, 0.717) is 11.1 Å². The van der Waals surface area contributed by atoms with Crippen LogP contribution in [0.3, 0.4) is 0 Å². The molecule has 1 aromatic rings. The lowest BCUT2D eigenvalue weighted by Gasteiger charge is -2.01. The highest BCUT2D eigenvalue weighted by Crippen LogP contribution is 2.11. The third-order valence-electron chi connectivity index (χ3n) is 1.75. The van der Waals surface area contributed by atoms with Gasteiger partial charge in [-0.3, -0.25) is 4.79 Å². The maximum absolute atomic E-state index is 12.6. The molecule has 0 heterocycles. The van der Waals surface area contributed by atoms with Crippen molar-refractivity contribution in [2.45, 2.75) is 13.3 Å². The lowest BCUT2D eigenvalue weighted by molar-refractivity contribution is 0.0997. The van der Waals surface area contributed by atoms with Gasteiger partial charge < -0.3 is 0 Å². The Morgan fingerprint density at radius 3 is 2.85 bits per heavy atom. The van der Waals surface area contributed by atoms with Gasteiger partial charge in [0.2, 0.25) is 0 Å². The Kier molecular flexibility index (Phi) is 2.81. The summed E-state index contributed by atoms with van der Waals surface area (Å²) in [6, 6.07) is 4.05. The summed E-state index contributed by atoms with van der Waals surface area (Å²) in [7, 11) is 0. The summed E-state index contributed by atoms with van der Waals surface area (Å²) in [5, 5.41) is 0. The molecule has 0 aliphatic rings. The minimum absolute atomic E-state index is 0.0620. The monoisotopic (exact) mass is 176 g/mol. The number of aryl methyl sites for hydroxylation is 1. The van der Waals surface area contributed by atoms with E-state index < -0.39 is 0 Å². The molecule has 0 unspecified atom stereocenters. The fourth-order valence-electron chi connectivity index (χ4n) is 1.13. The zero-order valence-electron chi connectivity index (χ0n) is 7.30. The van der Waals surface area contributed by atoms with E-state index in [0.717, 1.165) is 0 Å². The van der Waals surface area contributed by atoms with E-state index >= 15 is 0 Å². The van der Waals surface area contributed by atoms with Gasteiger partial charge in [-0.2, -0.15) is 0 Å². The first-order valence-electron chi connectivity index (χ1n) is 3.88. The van der Waals surface area contributed by atoms with Crippen molar-refractivity contribution in [3.05, 3.63) is 35.1 Å². The van der Waals surface area contributed by atoms with Crippen molar-refractivity contribution in [2.75, 3.05) is 0 Å². The maximum Gasteiger partial charge on any atom is 0.174 e. The number of terminal acetylenes is 1. The first kappa shape index (κ1) is 9.47. The van der Waals surface area contributed by atoms with E-state index in [4.69, 9.17) is 6.42 Å². The average molecular weight is 176 g/mol. The van der Waals surface area contributed by atoms with Gasteiger partial charge in [-0.15, -0.1) is 6.42 Å². The highest BCUT2D eigenvalue weighted by molar-refractivity contribution is 5.98. The SMILES string of the molecule is C#CCC(=O)c1ccc(F)cc1C. The number of hydrogen-bond acceptors (Lipinski definition) is 1. The van der Waals surface area contributed by atoms with Crippen LogP contribution < -0.4 is 0 Å². The van der Waals surface area contributed by atoms with Crippen LogP contribution in [0.15, 0.2) is 18.2 Å². The summed E-state index contributed by atoms with van der Waals surface area (Å²) < 4.78 is 12.6. The standard InChI is InChI=1S/C11H9FO/c1-3-4-11(13)10-6-5-9(12)7-8(10)2/h1,5-7H,4H2,2H3. The van der Waals surface area contributed by atoms with E-state index in [1.165, 1.54) is 18.2 Å². The summed E-state index contributed by atoms with van der Waals surface area (Å²) in [6.45, 7) is 1.69. The minimum atomic E-state index is -0.338. The molecule has 0 saturated heterocycles. The second kappa shape index (κ2) is 3.86. The molecule has 0 radical (unpaired) electrons. The molecule has 1 nitrogen and oxygen atoms in total. The second-order valence-corrected chi connectivity index (χ2v) is 2.76. The lowest BCUT2D eigenvalue weighted by Crippen LogP contribution is -2.00. The Labute approximate surface area is 76.6 Å². The van der Waals surface area contributed by atoms with E-state index in [9.17, 15) is 9.18 Å². The lowest BCUT2D eigenvalue weighted by atomic mass is 10.0. The van der Waals surface area contributed by atoms with E-state index in [1.807, 2.05) is 0 Å². The third-order valence-corrected chi connectivity index (χ3v) is 1.75. The minimum Gasteiger partial charge on any atom is -0.293 e. The predicted octanol–water partition coefficient (Wildman–Crippen LogP) is 2.34. The topological polar surface area (TPSA) is 17.1 Å². The normalized spacial score (nSPS) is 9.31. The van der Waals surface area contributed by atoms with E-state index in [2.05, 4.69) is 5.92 Å². The summed E-state index contributed by atoms with van der Waals surface area (Å²) in [6.07, 6.45) is 5.06. The highest BCUT2D eigenvalue weighted by atomic mass is 19.1. The van der Waals surface area contributed by atoms with E-state index in [1.54, 1.807) is 6.92 Å². The van der Waals surface area contributed by atoms with Gasteiger partial charge in [0.15, 0.2) is 5.78 Å². The van der Waals surface area contributed by atoms with Crippen LogP contribution in [-0.4, -0.2) is 5.78 Å². The Morgan fingerprint density at radius 1 is 1.62 bits per heavy atom. The molecule has 13 heavy (non-hydrogen) atoms. The molecule has 0 saturated carbocycles. The van der Waals surface area contributed by atoms with Gasteiger partial charge in [-0.05, 0) is 30.7 Å². The average Bonchev–Trinajstić information content (AvgIpc) is 2.04. The van der Waals surface area contributed by atoms with Crippen molar-refractivity contribution in [1.82, 2.24) is 0 Å². The number of Topliss-reactive ketones (excluding diaryl/α,β-unsaturated/α-hetero) is 1. The number of hydrogen-bond donors (Lipinski definition) is 0. The number of carbonyl (C=O) groups is 1. The Morgan fingerprint density at radius 2 is 2.31 bits per heavy atom. The summed E-state index contributed by atoms with van der Waals surface area (Å²) in [5.74, 6) is 1.79. The van der Waals surface area contributed by atoms with Crippen molar-refractivity contribution in [2.24, 2.45) is 0 Å². The van der Waals surface area contributed by atoms with Gasteiger partial charge in [0.1, 0.15) is 5.82 Å². The molecule has 0 aliphatic carbocycles. The van der Waals surface area contributed by atoms with Gasteiger partial charge in [-0.25, -0.2) is 4.39 Å². The number of ketones is 1. The van der Waals surface area contributed by atoms with Gasteiger partial charge in [0.25, 0.3) is 0 Å². The fraction of sp³-hybridized carbons (Fsp3) is 0.182. The quantitative estimate of drug-likeness (QED) is 0.499. The molecule has 0 bridgehead atoms. The summed E-state index contributed by atoms with van der Waals surface area (Å²) in [5.41, 5.74) is 1.12. The molecule has 0 aliphatic heterocycles. The zero-order chi connectivity index (χ0) is 9.84. The number of benzene rings is 1. The second-order valence-electron chi connectivity index (χ2n) is 2.76. The molecule has 66 valence electrons. The van der Waals surface area contributed by atoms with Crippen LogP contribution in [0, 0.1) is 25.1 Å². The molecular weight excluding hydrogens is 167 g/mol. The van der Waals surface area contributed by atoms with Gasteiger partial charge in [-0.1, -0.05) is 5.92 Å². The van der Waals surface area contributed by atoms with Gasteiger partial charge in [0.05, 0.1) is 6.42 Å². The summed E-state index contributed by atoms with van der Waals surface area (Å²) >= 11 is 0. The van der Waals surface area contributed by atoms with Gasteiger partial charge >= 0.3 is 0 Å². The predicted molar refractivity (Wildman–Crippen MR) is 48.9 cm³/mol. The molecule has 0 fully saturated rings. The van der Waals surface area contributed by atoms with Crippen LogP contribution >= 0.6 is 0 Å². The molecule has 0 spiro atoms. The molecule has 2 heteroatoms. The van der Waals surface area contributed by atoms with Crippen LogP contribution in [0.25, 0.3) is 0 Å². The molecule has 1 rings (SSSR count). The van der Waals surface area contributed by atoms with Crippen molar-refractivity contribution < 1.29 is 9.18 Å². The third kappa shape index (κ3) is 2.16. The zero-order valence-corrected chi connectivity index (χ0v) is 7.30. The Bertz CT molecular complexity index is 374. The Hall–Kier alpha value is -1.62. The Balaban J connectivity index is 3.03. The van der Waals surface area contributed by atoms with Crippen molar-refractivity contribution in [3.63, 3.8) is 0 Å². The van der Waals surface area contributed by atoms with E-state index in [-0.39, 0.29) is 18.0 Å². The highest BCUT2D eigenvalue weighted by Gasteiger charge is 2.07. The smallest absolute Gasteiger partial charge is 0.174 e. The first-order chi connectivity index (χ1) is 6.15. The van der Waals surface area contributed by atoms with Crippen LogP contribution in [0.2, 0.25) is 0 Å². The van der Waals surface area contributed by atoms with Crippen LogP contribution in [0.4, 0.5) is 4.39 Å². The van der Waals surface area contributed by atoms with Gasteiger partial charge in [0, 0.05) is 5.56 Å². The van der Waals surface area contributed by atoms with Crippen LogP contribution in [-0.2, 0) is 0 Å². The molecule has 0 amide bonds. The molecule has 0 N–H and O–H groups in total. The summed E-state index contributed by atoms with van der Waals surface area (Å²) in [4.78, 5) is 11.3. The number of carbonyl (C=O) groups excluding carboxylic acids is 1. The molecule has 1 aromatic carbocycles. The number of rotatable bonds is 2. The largest absolute Gasteiger partial charge is 0.293 e. The van der Waals surface area contributed by atoms with Crippen molar-refractivity contribution in [1.29, 1.82) is 0 Å². The molecule has 0 atom stereocenters. The fourth-order valence-corrected chi connectivity index (χ4v) is 1.13. The van der Waals surface area contributed by atoms with Crippen LogP contribution in [0.5, 0.6) is 0 Å². The van der Waals surface area contributed by atoms with Crippen molar-refractivity contribution in [3.8, 4) is 12.3 Å². The molecular formula is C11H9FO. The van der Waals surface area contributed by atoms with Crippen molar-refractivity contribution >= 4 is 5.78 Å². The molecule has 0 aromatic heterocycles. The maximum atomic E-state index is 12.6. The number of halogens is 1. The van der Waals surface area contributed by atoms with Crippen LogP contribution in [0.1, 0.15) is 22.3 Å².